The fraction of sp³-hybridized carbons (Fsp3) is 0.429. The van der Waals surface area contributed by atoms with E-state index in [4.69, 9.17) is 10.00 Å². The smallest absolute Gasteiger partial charge is 0.219 e. The lowest BCUT2D eigenvalue weighted by molar-refractivity contribution is 0.155. The zero-order chi connectivity index (χ0) is 15.4. The highest BCUT2D eigenvalue weighted by molar-refractivity contribution is 7.16. The number of piperidine rings is 1. The number of aryl methyl sites for hydroxylation is 1. The minimum absolute atomic E-state index is 0.188. The molecule has 22 heavy (non-hydrogen) atoms. The number of nitrogens with one attached hydrogen (secondary N) is 2. The first-order valence-electron chi connectivity index (χ1n) is 7.09. The monoisotopic (exact) mass is 316 g/mol. The molecule has 7 nitrogen and oxygen atoms in total. The number of hydrogen-bond acceptors (Lipinski definition) is 8. The first-order chi connectivity index (χ1) is 10.7. The lowest BCUT2D eigenvalue weighted by atomic mass is 10.1. The van der Waals surface area contributed by atoms with Crippen LogP contribution in [0, 0.1) is 18.3 Å². The fourth-order valence-electron chi connectivity index (χ4n) is 2.24. The summed E-state index contributed by atoms with van der Waals surface area (Å²) in [6.45, 7) is 3.76. The maximum absolute atomic E-state index is 8.83. The number of nitrogens with zero attached hydrogens (tertiary/aromatic N) is 4. The van der Waals surface area contributed by atoms with Crippen molar-refractivity contribution in [2.45, 2.75) is 25.9 Å². The van der Waals surface area contributed by atoms with Crippen molar-refractivity contribution in [2.24, 2.45) is 0 Å². The van der Waals surface area contributed by atoms with Crippen LogP contribution in [0.3, 0.4) is 0 Å². The molecule has 1 aliphatic rings. The first kappa shape index (κ1) is 14.7. The van der Waals surface area contributed by atoms with Crippen molar-refractivity contribution < 1.29 is 4.74 Å². The molecule has 0 saturated carbocycles. The van der Waals surface area contributed by atoms with E-state index in [0.29, 0.717) is 27.5 Å². The van der Waals surface area contributed by atoms with E-state index in [1.807, 2.05) is 6.92 Å². The summed E-state index contributed by atoms with van der Waals surface area (Å²) in [5.74, 6) is 1.82. The molecule has 2 aromatic heterocycles. The van der Waals surface area contributed by atoms with E-state index in [0.717, 1.165) is 25.9 Å². The van der Waals surface area contributed by atoms with Crippen LogP contribution in [-0.4, -0.2) is 34.1 Å². The molecule has 114 valence electrons. The molecule has 1 saturated heterocycles. The summed E-state index contributed by atoms with van der Waals surface area (Å²) >= 11 is 1.28. The summed E-state index contributed by atoms with van der Waals surface area (Å²) in [6, 6.07) is 3.83. The van der Waals surface area contributed by atoms with Gasteiger partial charge in [-0.2, -0.15) is 10.2 Å². The zero-order valence-corrected chi connectivity index (χ0v) is 13.0. The molecule has 0 amide bonds. The Morgan fingerprint density at radius 2 is 2.23 bits per heavy atom. The number of anilines is 2. The minimum atomic E-state index is 0.188. The second-order valence-electron chi connectivity index (χ2n) is 4.97. The second kappa shape index (κ2) is 6.68. The number of aromatic nitrogens is 3. The van der Waals surface area contributed by atoms with Crippen LogP contribution < -0.4 is 15.4 Å². The van der Waals surface area contributed by atoms with E-state index >= 15 is 0 Å². The van der Waals surface area contributed by atoms with Crippen molar-refractivity contribution >= 4 is 22.3 Å². The SMILES string of the molecule is Cc1nc(Nc2ncc(C#N)s2)cc(OC2CCNCC2)n1. The minimum Gasteiger partial charge on any atom is -0.474 e. The van der Waals surface area contributed by atoms with Gasteiger partial charge in [0.2, 0.25) is 5.88 Å². The molecule has 2 N–H and O–H groups in total. The predicted molar refractivity (Wildman–Crippen MR) is 83.4 cm³/mol. The van der Waals surface area contributed by atoms with Crippen LogP contribution in [0.5, 0.6) is 5.88 Å². The van der Waals surface area contributed by atoms with Crippen LogP contribution in [0.25, 0.3) is 0 Å². The highest BCUT2D eigenvalue weighted by Crippen LogP contribution is 2.23. The molecule has 0 aromatic carbocycles. The van der Waals surface area contributed by atoms with E-state index in [1.54, 1.807) is 6.07 Å². The molecule has 2 aromatic rings. The average Bonchev–Trinajstić information content (AvgIpc) is 2.95. The predicted octanol–water partition coefficient (Wildman–Crippen LogP) is 1.99. The van der Waals surface area contributed by atoms with Gasteiger partial charge in [-0.3, -0.25) is 0 Å². The Morgan fingerprint density at radius 3 is 2.95 bits per heavy atom. The highest BCUT2D eigenvalue weighted by Gasteiger charge is 2.16. The molecule has 0 aliphatic carbocycles. The normalized spacial score (nSPS) is 15.3. The number of hydrogen-bond donors (Lipinski definition) is 2. The third kappa shape index (κ3) is 3.69. The molecule has 0 spiro atoms. The van der Waals surface area contributed by atoms with Gasteiger partial charge in [0, 0.05) is 6.07 Å². The van der Waals surface area contributed by atoms with Gasteiger partial charge in [-0.15, -0.1) is 0 Å². The average molecular weight is 316 g/mol. The highest BCUT2D eigenvalue weighted by atomic mass is 32.1. The molecule has 0 unspecified atom stereocenters. The van der Waals surface area contributed by atoms with Crippen molar-refractivity contribution in [3.05, 3.63) is 23.0 Å². The van der Waals surface area contributed by atoms with E-state index in [9.17, 15) is 0 Å². The summed E-state index contributed by atoms with van der Waals surface area (Å²) in [5.41, 5.74) is 0. The van der Waals surface area contributed by atoms with Crippen molar-refractivity contribution in [1.82, 2.24) is 20.3 Å². The topological polar surface area (TPSA) is 95.8 Å². The number of thiazole rings is 1. The summed E-state index contributed by atoms with van der Waals surface area (Å²) in [4.78, 5) is 13.3. The van der Waals surface area contributed by atoms with Gasteiger partial charge in [-0.1, -0.05) is 11.3 Å². The largest absolute Gasteiger partial charge is 0.474 e. The van der Waals surface area contributed by atoms with Crippen molar-refractivity contribution in [3.63, 3.8) is 0 Å². The van der Waals surface area contributed by atoms with E-state index in [1.165, 1.54) is 17.5 Å². The van der Waals surface area contributed by atoms with E-state index in [-0.39, 0.29) is 6.10 Å². The van der Waals surface area contributed by atoms with Crippen molar-refractivity contribution in [2.75, 3.05) is 18.4 Å². The molecule has 0 atom stereocenters. The van der Waals surface area contributed by atoms with Crippen molar-refractivity contribution in [1.29, 1.82) is 5.26 Å². The Kier molecular flexibility index (Phi) is 4.46. The van der Waals surface area contributed by atoms with E-state index in [2.05, 4.69) is 31.7 Å². The van der Waals surface area contributed by atoms with Gasteiger partial charge in [0.1, 0.15) is 28.7 Å². The van der Waals surface area contributed by atoms with Crippen LogP contribution in [0.2, 0.25) is 0 Å². The van der Waals surface area contributed by atoms with Gasteiger partial charge in [0.05, 0.1) is 6.20 Å². The van der Waals surface area contributed by atoms with Gasteiger partial charge < -0.3 is 15.4 Å². The van der Waals surface area contributed by atoms with Crippen LogP contribution in [0.15, 0.2) is 12.3 Å². The third-order valence-corrected chi connectivity index (χ3v) is 4.06. The lowest BCUT2D eigenvalue weighted by Gasteiger charge is -2.23. The molecule has 8 heteroatoms. The fourth-order valence-corrected chi connectivity index (χ4v) is 2.86. The molecule has 0 bridgehead atoms. The molecule has 0 radical (unpaired) electrons. The maximum atomic E-state index is 8.83. The van der Waals surface area contributed by atoms with Crippen LogP contribution in [0.4, 0.5) is 10.9 Å². The quantitative estimate of drug-likeness (QED) is 0.890. The maximum Gasteiger partial charge on any atom is 0.219 e. The van der Waals surface area contributed by atoms with E-state index < -0.39 is 0 Å². The van der Waals surface area contributed by atoms with Gasteiger partial charge >= 0.3 is 0 Å². The molecule has 3 rings (SSSR count). The number of nitriles is 1. The van der Waals surface area contributed by atoms with Crippen molar-refractivity contribution in [3.8, 4) is 11.9 Å². The molecular weight excluding hydrogens is 300 g/mol. The number of ether oxygens (including phenoxy) is 1. The summed E-state index contributed by atoms with van der Waals surface area (Å²) in [6.07, 6.45) is 3.68. The van der Waals surface area contributed by atoms with Gasteiger partial charge in [0.15, 0.2) is 5.13 Å². The van der Waals surface area contributed by atoms with Crippen LogP contribution in [-0.2, 0) is 0 Å². The Balaban J connectivity index is 1.72. The number of rotatable bonds is 4. The van der Waals surface area contributed by atoms with Gasteiger partial charge in [-0.05, 0) is 32.9 Å². The third-order valence-electron chi connectivity index (χ3n) is 3.24. The molecule has 1 aliphatic heterocycles. The summed E-state index contributed by atoms with van der Waals surface area (Å²) < 4.78 is 5.94. The Morgan fingerprint density at radius 1 is 1.41 bits per heavy atom. The first-order valence-corrected chi connectivity index (χ1v) is 7.90. The summed E-state index contributed by atoms with van der Waals surface area (Å²) in [5, 5.41) is 15.9. The molecular formula is C14H16N6OS. The zero-order valence-electron chi connectivity index (χ0n) is 12.2. The Hall–Kier alpha value is -2.24. The van der Waals surface area contributed by atoms with Crippen LogP contribution >= 0.6 is 11.3 Å². The lowest BCUT2D eigenvalue weighted by Crippen LogP contribution is -2.34. The second-order valence-corrected chi connectivity index (χ2v) is 6.00. The Labute approximate surface area is 132 Å². The standard InChI is InChI=1S/C14H16N6OS/c1-9-18-12(20-14-17-8-11(7-15)22-14)6-13(19-9)21-10-2-4-16-5-3-10/h6,8,10,16H,2-5H2,1H3,(H,17,18,19,20). The summed E-state index contributed by atoms with van der Waals surface area (Å²) in [7, 11) is 0. The Bertz CT molecular complexity index is 689. The van der Waals surface area contributed by atoms with Gasteiger partial charge in [-0.25, -0.2) is 9.97 Å². The molecule has 3 heterocycles. The molecule has 1 fully saturated rings. The van der Waals surface area contributed by atoms with Crippen LogP contribution in [0.1, 0.15) is 23.5 Å². The van der Waals surface area contributed by atoms with Gasteiger partial charge in [0.25, 0.3) is 0 Å².